The number of hydrogen-bond donors (Lipinski definition) is 1. The number of hydrazine groups is 1. The number of pyridine rings is 2. The number of aromatic nitrogens is 2. The van der Waals surface area contributed by atoms with Gasteiger partial charge in [-0.1, -0.05) is 11.6 Å². The summed E-state index contributed by atoms with van der Waals surface area (Å²) >= 11 is 7.36. The van der Waals surface area contributed by atoms with Gasteiger partial charge in [0.15, 0.2) is 0 Å². The third-order valence-electron chi connectivity index (χ3n) is 3.45. The van der Waals surface area contributed by atoms with Gasteiger partial charge in [-0.3, -0.25) is 9.78 Å². The van der Waals surface area contributed by atoms with E-state index in [0.717, 1.165) is 10.6 Å². The van der Waals surface area contributed by atoms with Crippen LogP contribution in [0.5, 0.6) is 0 Å². The molecule has 0 radical (unpaired) electrons. The van der Waals surface area contributed by atoms with Gasteiger partial charge >= 0.3 is 0 Å². The van der Waals surface area contributed by atoms with Crippen LogP contribution in [0.15, 0.2) is 72.1 Å². The van der Waals surface area contributed by atoms with Gasteiger partial charge < -0.3 is 0 Å². The van der Waals surface area contributed by atoms with Crippen molar-refractivity contribution in [1.82, 2.24) is 9.97 Å². The first-order chi connectivity index (χ1) is 12.1. The normalized spacial score (nSPS) is 10.5. The Labute approximate surface area is 154 Å². The van der Waals surface area contributed by atoms with Crippen molar-refractivity contribution in [2.45, 2.75) is 10.8 Å². The van der Waals surface area contributed by atoms with Gasteiger partial charge in [0.2, 0.25) is 0 Å². The van der Waals surface area contributed by atoms with Crippen LogP contribution in [0.2, 0.25) is 5.02 Å². The minimum Gasteiger partial charge on any atom is -0.267 e. The fourth-order valence-corrected chi connectivity index (χ4v) is 3.22. The van der Waals surface area contributed by atoms with E-state index < -0.39 is 0 Å². The third-order valence-corrected chi connectivity index (χ3v) is 4.78. The average molecular weight is 371 g/mol. The van der Waals surface area contributed by atoms with Gasteiger partial charge in [0.1, 0.15) is 5.03 Å². The van der Waals surface area contributed by atoms with Crippen molar-refractivity contribution < 1.29 is 4.79 Å². The highest BCUT2D eigenvalue weighted by atomic mass is 35.5. The van der Waals surface area contributed by atoms with Gasteiger partial charge in [-0.2, -0.15) is 0 Å². The van der Waals surface area contributed by atoms with Gasteiger partial charge in [-0.15, -0.1) is 11.8 Å². The first-order valence-electron chi connectivity index (χ1n) is 7.46. The van der Waals surface area contributed by atoms with E-state index in [1.165, 1.54) is 11.8 Å². The van der Waals surface area contributed by atoms with Crippen molar-refractivity contribution in [3.05, 3.63) is 83.3 Å². The Morgan fingerprint density at radius 3 is 2.52 bits per heavy atom. The first kappa shape index (κ1) is 17.4. The Balaban J connectivity index is 1.79. The van der Waals surface area contributed by atoms with E-state index >= 15 is 0 Å². The lowest BCUT2D eigenvalue weighted by Crippen LogP contribution is -2.37. The predicted molar refractivity (Wildman–Crippen MR) is 100 cm³/mol. The number of halogens is 1. The SMILES string of the molecule is NN(C(=O)c1cccnc1SCc1ccncc1)c1ccc(Cl)cc1. The molecule has 0 aliphatic heterocycles. The lowest BCUT2D eigenvalue weighted by molar-refractivity contribution is 0.0983. The summed E-state index contributed by atoms with van der Waals surface area (Å²) in [6, 6.07) is 14.1. The molecule has 0 saturated carbocycles. The number of nitrogens with zero attached hydrogens (tertiary/aromatic N) is 3. The number of anilines is 1. The molecule has 0 saturated heterocycles. The van der Waals surface area contributed by atoms with Gasteiger partial charge in [0, 0.05) is 29.4 Å². The van der Waals surface area contributed by atoms with E-state index in [9.17, 15) is 4.79 Å². The zero-order chi connectivity index (χ0) is 17.6. The molecular formula is C18H15ClN4OS. The molecule has 1 amide bonds. The third kappa shape index (κ3) is 4.36. The highest BCUT2D eigenvalue weighted by molar-refractivity contribution is 7.98. The summed E-state index contributed by atoms with van der Waals surface area (Å²) in [5, 5.41) is 2.32. The van der Waals surface area contributed by atoms with E-state index in [1.807, 2.05) is 12.1 Å². The molecule has 0 fully saturated rings. The van der Waals surface area contributed by atoms with Crippen LogP contribution in [0.4, 0.5) is 5.69 Å². The quantitative estimate of drug-likeness (QED) is 0.319. The van der Waals surface area contributed by atoms with Gasteiger partial charge in [-0.25, -0.2) is 15.8 Å². The number of rotatable bonds is 5. The van der Waals surface area contributed by atoms with Crippen molar-refractivity contribution in [2.24, 2.45) is 5.84 Å². The standard InChI is InChI=1S/C18H15ClN4OS/c19-14-3-5-15(6-4-14)23(20)18(24)16-2-1-9-22-17(16)25-12-13-7-10-21-11-8-13/h1-11H,12,20H2. The molecule has 126 valence electrons. The lowest BCUT2D eigenvalue weighted by Gasteiger charge is -2.18. The van der Waals surface area contributed by atoms with Crippen molar-refractivity contribution in [1.29, 1.82) is 0 Å². The van der Waals surface area contributed by atoms with E-state index in [2.05, 4.69) is 9.97 Å². The molecule has 7 heteroatoms. The average Bonchev–Trinajstić information content (AvgIpc) is 2.67. The number of carbonyl (C=O) groups is 1. The molecule has 0 atom stereocenters. The molecule has 0 unspecified atom stereocenters. The summed E-state index contributed by atoms with van der Waals surface area (Å²) in [5.74, 6) is 6.35. The molecule has 0 bridgehead atoms. The topological polar surface area (TPSA) is 72.1 Å². The minimum absolute atomic E-state index is 0.326. The maximum absolute atomic E-state index is 12.8. The van der Waals surface area contributed by atoms with Crippen LogP contribution in [0.1, 0.15) is 15.9 Å². The predicted octanol–water partition coefficient (Wildman–Crippen LogP) is 3.94. The van der Waals surface area contributed by atoms with E-state index in [-0.39, 0.29) is 5.91 Å². The molecule has 0 spiro atoms. The van der Waals surface area contributed by atoms with Crippen LogP contribution >= 0.6 is 23.4 Å². The van der Waals surface area contributed by atoms with Crippen LogP contribution in [0.25, 0.3) is 0 Å². The molecule has 2 aromatic heterocycles. The summed E-state index contributed by atoms with van der Waals surface area (Å²) < 4.78 is 0. The highest BCUT2D eigenvalue weighted by Gasteiger charge is 2.19. The van der Waals surface area contributed by atoms with Crippen molar-refractivity contribution >= 4 is 35.0 Å². The number of thioether (sulfide) groups is 1. The number of amides is 1. The fraction of sp³-hybridized carbons (Fsp3) is 0.0556. The van der Waals surface area contributed by atoms with E-state index in [1.54, 1.807) is 55.0 Å². The Kier molecular flexibility index (Phi) is 5.65. The van der Waals surface area contributed by atoms with Crippen molar-refractivity contribution in [3.8, 4) is 0 Å². The van der Waals surface area contributed by atoms with Crippen molar-refractivity contribution in [3.63, 3.8) is 0 Å². The summed E-state index contributed by atoms with van der Waals surface area (Å²) in [4.78, 5) is 21.1. The molecular weight excluding hydrogens is 356 g/mol. The molecule has 25 heavy (non-hydrogen) atoms. The van der Waals surface area contributed by atoms with Crippen LogP contribution < -0.4 is 10.9 Å². The van der Waals surface area contributed by atoms with Crippen LogP contribution in [0, 0.1) is 0 Å². The minimum atomic E-state index is -0.326. The van der Waals surface area contributed by atoms with Crippen molar-refractivity contribution in [2.75, 3.05) is 5.01 Å². The Bertz CT molecular complexity index is 858. The zero-order valence-electron chi connectivity index (χ0n) is 13.2. The molecule has 1 aromatic carbocycles. The first-order valence-corrected chi connectivity index (χ1v) is 8.83. The monoisotopic (exact) mass is 370 g/mol. The second-order valence-corrected chi connectivity index (χ2v) is 6.55. The molecule has 0 aliphatic rings. The number of hydrogen-bond acceptors (Lipinski definition) is 5. The Hall–Kier alpha value is -2.41. The zero-order valence-corrected chi connectivity index (χ0v) is 14.7. The molecule has 3 rings (SSSR count). The largest absolute Gasteiger partial charge is 0.275 e. The summed E-state index contributed by atoms with van der Waals surface area (Å²) in [7, 11) is 0. The molecule has 0 aliphatic carbocycles. The maximum atomic E-state index is 12.8. The molecule has 2 heterocycles. The maximum Gasteiger partial charge on any atom is 0.275 e. The Morgan fingerprint density at radius 2 is 1.80 bits per heavy atom. The molecule has 2 N–H and O–H groups in total. The van der Waals surface area contributed by atoms with Gasteiger partial charge in [0.05, 0.1) is 11.3 Å². The summed E-state index contributed by atoms with van der Waals surface area (Å²) in [6.07, 6.45) is 5.14. The summed E-state index contributed by atoms with van der Waals surface area (Å²) in [6.45, 7) is 0. The van der Waals surface area contributed by atoms with Gasteiger partial charge in [0.25, 0.3) is 5.91 Å². The smallest absolute Gasteiger partial charge is 0.267 e. The Morgan fingerprint density at radius 1 is 1.08 bits per heavy atom. The number of nitrogens with two attached hydrogens (primary N) is 1. The number of benzene rings is 1. The molecule has 3 aromatic rings. The second kappa shape index (κ2) is 8.11. The number of carbonyl (C=O) groups excluding carboxylic acids is 1. The lowest BCUT2D eigenvalue weighted by atomic mass is 10.2. The van der Waals surface area contributed by atoms with Crippen LogP contribution in [-0.4, -0.2) is 15.9 Å². The van der Waals surface area contributed by atoms with Gasteiger partial charge in [-0.05, 0) is 54.1 Å². The fourth-order valence-electron chi connectivity index (χ4n) is 2.15. The van der Waals surface area contributed by atoms with Crippen LogP contribution in [-0.2, 0) is 5.75 Å². The van der Waals surface area contributed by atoms with Crippen LogP contribution in [0.3, 0.4) is 0 Å². The highest BCUT2D eigenvalue weighted by Crippen LogP contribution is 2.26. The molecule has 5 nitrogen and oxygen atoms in total. The summed E-state index contributed by atoms with van der Waals surface area (Å²) in [5.41, 5.74) is 2.12. The van der Waals surface area contributed by atoms with E-state index in [0.29, 0.717) is 27.1 Å². The second-order valence-electron chi connectivity index (χ2n) is 5.15. The van der Waals surface area contributed by atoms with E-state index in [4.69, 9.17) is 17.4 Å².